The van der Waals surface area contributed by atoms with Gasteiger partial charge in [0.25, 0.3) is 0 Å². The quantitative estimate of drug-likeness (QED) is 0.698. The molecule has 1 nitrogen and oxygen atoms in total. The third-order valence-corrected chi connectivity index (χ3v) is 3.96. The Balaban J connectivity index is 1.93. The van der Waals surface area contributed by atoms with Crippen LogP contribution in [0.25, 0.3) is 0 Å². The van der Waals surface area contributed by atoms with Crippen LogP contribution in [0.1, 0.15) is 32.1 Å². The lowest BCUT2D eigenvalue weighted by molar-refractivity contribution is 0.468. The zero-order valence-electron chi connectivity index (χ0n) is 8.75. The van der Waals surface area contributed by atoms with E-state index in [1.807, 2.05) is 6.07 Å². The topological polar surface area (TPSA) is 3.24 Å². The van der Waals surface area contributed by atoms with Crippen LogP contribution in [0.15, 0.2) is 18.2 Å². The second-order valence-corrected chi connectivity index (χ2v) is 5.03. The smallest absolute Gasteiger partial charge is 0.0505 e. The molecule has 2 fully saturated rings. The Kier molecular flexibility index (Phi) is 2.36. The average Bonchev–Trinajstić information content (AvgIpc) is 2.49. The fraction of sp³-hybridized carbons (Fsp3) is 0.538. The van der Waals surface area contributed by atoms with Crippen LogP contribution in [0, 0.1) is 6.07 Å². The molecular formula is C13H15ClN. The predicted octanol–water partition coefficient (Wildman–Crippen LogP) is 3.66. The molecule has 0 N–H and O–H groups in total. The number of hydrogen-bond acceptors (Lipinski definition) is 1. The van der Waals surface area contributed by atoms with Gasteiger partial charge in [0.15, 0.2) is 0 Å². The predicted molar refractivity (Wildman–Crippen MR) is 63.4 cm³/mol. The molecule has 2 bridgehead atoms. The summed E-state index contributed by atoms with van der Waals surface area (Å²) in [5.74, 6) is 0. The standard InChI is InChI=1S/C13H15ClN/c14-10-3-1-6-13(9-10)15-11-4-2-5-12(15)8-7-11/h1,6,9,11-12H,2,4-5,7-8H2. The molecule has 15 heavy (non-hydrogen) atoms. The fourth-order valence-corrected chi connectivity index (χ4v) is 3.30. The summed E-state index contributed by atoms with van der Waals surface area (Å²) in [5, 5.41) is 0.734. The van der Waals surface area contributed by atoms with E-state index in [1.165, 1.54) is 37.8 Å². The number of halogens is 1. The van der Waals surface area contributed by atoms with Crippen molar-refractivity contribution in [3.63, 3.8) is 0 Å². The molecule has 79 valence electrons. The molecule has 2 saturated heterocycles. The number of anilines is 1. The lowest BCUT2D eigenvalue weighted by Crippen LogP contribution is -2.39. The minimum absolute atomic E-state index is 0.734. The van der Waals surface area contributed by atoms with Crippen LogP contribution in [0.2, 0.25) is 5.02 Å². The number of rotatable bonds is 1. The van der Waals surface area contributed by atoms with E-state index in [-0.39, 0.29) is 0 Å². The molecule has 2 atom stereocenters. The second kappa shape index (κ2) is 3.71. The third kappa shape index (κ3) is 1.63. The average molecular weight is 221 g/mol. The van der Waals surface area contributed by atoms with Crippen molar-refractivity contribution in [1.82, 2.24) is 0 Å². The minimum atomic E-state index is 0.734. The molecule has 3 rings (SSSR count). The van der Waals surface area contributed by atoms with Crippen molar-refractivity contribution >= 4 is 17.3 Å². The van der Waals surface area contributed by atoms with Crippen LogP contribution < -0.4 is 4.90 Å². The van der Waals surface area contributed by atoms with Gasteiger partial charge in [-0.2, -0.15) is 0 Å². The van der Waals surface area contributed by atoms with Gasteiger partial charge < -0.3 is 4.90 Å². The van der Waals surface area contributed by atoms with Crippen LogP contribution >= 0.6 is 11.6 Å². The largest absolute Gasteiger partial charge is 0.366 e. The Morgan fingerprint density at radius 2 is 1.93 bits per heavy atom. The summed E-state index contributed by atoms with van der Waals surface area (Å²) in [7, 11) is 0. The highest BCUT2D eigenvalue weighted by atomic mass is 35.5. The summed E-state index contributed by atoms with van der Waals surface area (Å²) in [4.78, 5) is 2.59. The van der Waals surface area contributed by atoms with Gasteiger partial charge in [0.2, 0.25) is 0 Å². The van der Waals surface area contributed by atoms with E-state index < -0.39 is 0 Å². The molecule has 0 saturated carbocycles. The van der Waals surface area contributed by atoms with Crippen molar-refractivity contribution in [2.24, 2.45) is 0 Å². The Morgan fingerprint density at radius 1 is 1.20 bits per heavy atom. The van der Waals surface area contributed by atoms with Crippen molar-refractivity contribution in [1.29, 1.82) is 0 Å². The molecule has 1 radical (unpaired) electrons. The van der Waals surface area contributed by atoms with Gasteiger partial charge >= 0.3 is 0 Å². The van der Waals surface area contributed by atoms with Crippen molar-refractivity contribution in [3.05, 3.63) is 29.3 Å². The Bertz CT molecular complexity index is 347. The van der Waals surface area contributed by atoms with Crippen LogP contribution in [0.4, 0.5) is 5.69 Å². The lowest BCUT2D eigenvalue weighted by atomic mass is 10.0. The summed E-state index contributed by atoms with van der Waals surface area (Å²) in [6.07, 6.45) is 6.83. The number of fused-ring (bicyclic) bond motifs is 2. The first-order valence-corrected chi connectivity index (χ1v) is 6.18. The van der Waals surface area contributed by atoms with Crippen LogP contribution in [0.3, 0.4) is 0 Å². The van der Waals surface area contributed by atoms with Crippen LogP contribution in [-0.4, -0.2) is 12.1 Å². The van der Waals surface area contributed by atoms with Crippen LogP contribution in [0.5, 0.6) is 0 Å². The minimum Gasteiger partial charge on any atom is -0.366 e. The number of nitrogens with zero attached hydrogens (tertiary/aromatic N) is 1. The fourth-order valence-electron chi connectivity index (χ4n) is 3.13. The van der Waals surface area contributed by atoms with Gasteiger partial charge in [0.1, 0.15) is 0 Å². The number of piperidine rings is 1. The van der Waals surface area contributed by atoms with Gasteiger partial charge in [-0.3, -0.25) is 0 Å². The number of benzene rings is 1. The van der Waals surface area contributed by atoms with Gasteiger partial charge in [0.05, 0.1) is 5.02 Å². The van der Waals surface area contributed by atoms with Gasteiger partial charge in [-0.25, -0.2) is 0 Å². The first kappa shape index (κ1) is 9.53. The van der Waals surface area contributed by atoms with E-state index in [0.29, 0.717) is 0 Å². The SMILES string of the molecule is Clc1[c]ccc(N2C3CCCC2CC3)c1. The Labute approximate surface area is 96.0 Å². The summed E-state index contributed by atoms with van der Waals surface area (Å²) in [6.45, 7) is 0. The molecule has 1 aromatic rings. The van der Waals surface area contributed by atoms with Crippen LogP contribution in [-0.2, 0) is 0 Å². The first-order valence-electron chi connectivity index (χ1n) is 5.80. The molecule has 1 aromatic carbocycles. The van der Waals surface area contributed by atoms with E-state index in [4.69, 9.17) is 11.6 Å². The van der Waals surface area contributed by atoms with Gasteiger partial charge in [-0.1, -0.05) is 17.7 Å². The van der Waals surface area contributed by atoms with E-state index in [2.05, 4.69) is 23.1 Å². The van der Waals surface area contributed by atoms with E-state index in [9.17, 15) is 0 Å². The molecule has 2 heteroatoms. The summed E-state index contributed by atoms with van der Waals surface area (Å²) < 4.78 is 0. The van der Waals surface area contributed by atoms with E-state index in [0.717, 1.165) is 17.1 Å². The summed E-state index contributed by atoms with van der Waals surface area (Å²) >= 11 is 6.00. The monoisotopic (exact) mass is 220 g/mol. The van der Waals surface area contributed by atoms with E-state index in [1.54, 1.807) is 0 Å². The first-order chi connectivity index (χ1) is 7.34. The maximum atomic E-state index is 6.00. The van der Waals surface area contributed by atoms with Crippen molar-refractivity contribution in [2.45, 2.75) is 44.2 Å². The zero-order valence-corrected chi connectivity index (χ0v) is 9.50. The normalized spacial score (nSPS) is 29.5. The molecular weight excluding hydrogens is 206 g/mol. The van der Waals surface area contributed by atoms with Crippen molar-refractivity contribution in [3.8, 4) is 0 Å². The maximum Gasteiger partial charge on any atom is 0.0505 e. The molecule has 0 aromatic heterocycles. The molecule has 2 unspecified atom stereocenters. The Hall–Kier alpha value is -0.690. The van der Waals surface area contributed by atoms with Crippen molar-refractivity contribution < 1.29 is 0 Å². The molecule has 0 aliphatic carbocycles. The molecule has 2 aliphatic heterocycles. The Morgan fingerprint density at radius 3 is 2.60 bits per heavy atom. The second-order valence-electron chi connectivity index (χ2n) is 4.62. The van der Waals surface area contributed by atoms with Crippen molar-refractivity contribution in [2.75, 3.05) is 4.90 Å². The zero-order chi connectivity index (χ0) is 10.3. The number of hydrogen-bond donors (Lipinski definition) is 0. The van der Waals surface area contributed by atoms with E-state index >= 15 is 0 Å². The molecule has 2 aliphatic rings. The highest BCUT2D eigenvalue weighted by molar-refractivity contribution is 6.30. The summed E-state index contributed by atoms with van der Waals surface area (Å²) in [5.41, 5.74) is 1.30. The molecule has 0 amide bonds. The molecule has 2 heterocycles. The highest BCUT2D eigenvalue weighted by Crippen LogP contribution is 2.39. The summed E-state index contributed by atoms with van der Waals surface area (Å²) in [6, 6.07) is 10.7. The highest BCUT2D eigenvalue weighted by Gasteiger charge is 2.36. The third-order valence-electron chi connectivity index (χ3n) is 3.74. The van der Waals surface area contributed by atoms with Gasteiger partial charge in [-0.05, 0) is 44.2 Å². The van der Waals surface area contributed by atoms with Gasteiger partial charge in [0, 0.05) is 23.8 Å². The van der Waals surface area contributed by atoms with Gasteiger partial charge in [-0.15, -0.1) is 0 Å². The lowest BCUT2D eigenvalue weighted by Gasteiger charge is -2.36. The maximum absolute atomic E-state index is 6.00. The molecule has 0 spiro atoms.